The van der Waals surface area contributed by atoms with Crippen molar-refractivity contribution in [3.8, 4) is 0 Å². The lowest BCUT2D eigenvalue weighted by atomic mass is 10.4. The molecule has 0 aromatic carbocycles. The minimum Gasteiger partial charge on any atom is -0.378 e. The minimum atomic E-state index is -3.09. The first-order valence-corrected chi connectivity index (χ1v) is 7.89. The fourth-order valence-corrected chi connectivity index (χ4v) is 3.66. The summed E-state index contributed by atoms with van der Waals surface area (Å²) in [6, 6.07) is 3.73. The summed E-state index contributed by atoms with van der Waals surface area (Å²) in [5.41, 5.74) is 0. The maximum atomic E-state index is 11.9. The van der Waals surface area contributed by atoms with Crippen molar-refractivity contribution >= 4 is 21.2 Å². The van der Waals surface area contributed by atoms with Crippen LogP contribution in [-0.4, -0.2) is 26.9 Å². The monoisotopic (exact) mass is 262 g/mol. The van der Waals surface area contributed by atoms with Gasteiger partial charge in [-0.15, -0.1) is 11.3 Å². The molecule has 0 bridgehead atoms. The van der Waals surface area contributed by atoms with Crippen molar-refractivity contribution in [2.75, 3.05) is 12.4 Å². The van der Waals surface area contributed by atoms with Gasteiger partial charge in [-0.3, -0.25) is 0 Å². The molecule has 1 heterocycles. The third kappa shape index (κ3) is 3.88. The minimum absolute atomic E-state index is 0.0762. The van der Waals surface area contributed by atoms with Crippen LogP contribution in [0.5, 0.6) is 0 Å². The number of thiophene rings is 1. The maximum absolute atomic E-state index is 11.9. The normalized spacial score (nSPS) is 14.2. The first kappa shape index (κ1) is 13.7. The molecule has 16 heavy (non-hydrogen) atoms. The molecule has 0 aliphatic rings. The molecular formula is C11H18O3S2. The van der Waals surface area contributed by atoms with E-state index in [1.54, 1.807) is 6.92 Å². The largest absolute Gasteiger partial charge is 0.378 e. The molecule has 5 heteroatoms. The second-order valence-corrected chi connectivity index (χ2v) is 7.36. The molecule has 1 atom stereocenters. The Morgan fingerprint density at radius 3 is 2.56 bits per heavy atom. The lowest BCUT2D eigenvalue weighted by Gasteiger charge is -2.12. The smallest absolute Gasteiger partial charge is 0.160 e. The summed E-state index contributed by atoms with van der Waals surface area (Å²) in [7, 11) is -3.09. The molecular weight excluding hydrogens is 244 g/mol. The number of sulfone groups is 1. The van der Waals surface area contributed by atoms with Gasteiger partial charge in [0.05, 0.1) is 23.7 Å². The fraction of sp³-hybridized carbons (Fsp3) is 0.636. The number of ether oxygens (including phenoxy) is 1. The molecule has 0 saturated heterocycles. The molecule has 0 amide bonds. The van der Waals surface area contributed by atoms with Crippen molar-refractivity contribution in [1.82, 2.24) is 0 Å². The highest BCUT2D eigenvalue weighted by Crippen LogP contribution is 2.26. The SMILES string of the molecule is CC(C)OCCS(=O)(=O)[C@H](C)c1cccs1. The van der Waals surface area contributed by atoms with E-state index >= 15 is 0 Å². The second kappa shape index (κ2) is 5.80. The molecule has 1 aromatic rings. The predicted molar refractivity (Wildman–Crippen MR) is 67.6 cm³/mol. The van der Waals surface area contributed by atoms with Gasteiger partial charge >= 0.3 is 0 Å². The summed E-state index contributed by atoms with van der Waals surface area (Å²) in [5, 5.41) is 1.47. The second-order valence-electron chi connectivity index (χ2n) is 3.94. The molecule has 1 aromatic heterocycles. The molecule has 0 aliphatic carbocycles. The van der Waals surface area contributed by atoms with E-state index in [9.17, 15) is 8.42 Å². The molecule has 1 rings (SSSR count). The molecule has 0 aliphatic heterocycles. The van der Waals surface area contributed by atoms with E-state index in [1.807, 2.05) is 31.4 Å². The van der Waals surface area contributed by atoms with Crippen LogP contribution in [0.4, 0.5) is 0 Å². The van der Waals surface area contributed by atoms with Gasteiger partial charge < -0.3 is 4.74 Å². The summed E-state index contributed by atoms with van der Waals surface area (Å²) >= 11 is 1.48. The zero-order chi connectivity index (χ0) is 12.2. The van der Waals surface area contributed by atoms with Crippen molar-refractivity contribution in [3.63, 3.8) is 0 Å². The standard InChI is InChI=1S/C11H18O3S2/c1-9(2)14-6-8-16(12,13)10(3)11-5-4-7-15-11/h4-5,7,9-10H,6,8H2,1-3H3/t10-/m1/s1. The Labute approximate surface area is 101 Å². The van der Waals surface area contributed by atoms with Crippen LogP contribution in [0.1, 0.15) is 30.9 Å². The van der Waals surface area contributed by atoms with E-state index < -0.39 is 15.1 Å². The van der Waals surface area contributed by atoms with Crippen LogP contribution in [0.2, 0.25) is 0 Å². The third-order valence-corrected chi connectivity index (χ3v) is 5.57. The van der Waals surface area contributed by atoms with E-state index in [2.05, 4.69) is 0 Å². The molecule has 92 valence electrons. The van der Waals surface area contributed by atoms with Gasteiger partial charge in [0.1, 0.15) is 0 Å². The zero-order valence-corrected chi connectivity index (χ0v) is 11.5. The topological polar surface area (TPSA) is 43.4 Å². The molecule has 0 spiro atoms. The Morgan fingerprint density at radius 2 is 2.06 bits per heavy atom. The van der Waals surface area contributed by atoms with Crippen LogP contribution in [0.25, 0.3) is 0 Å². The summed E-state index contributed by atoms with van der Waals surface area (Å²) in [4.78, 5) is 0.893. The highest BCUT2D eigenvalue weighted by molar-refractivity contribution is 7.91. The average molecular weight is 262 g/mol. The Bertz CT molecular complexity index is 393. The zero-order valence-electron chi connectivity index (χ0n) is 9.84. The third-order valence-electron chi connectivity index (χ3n) is 2.30. The highest BCUT2D eigenvalue weighted by atomic mass is 32.2. The predicted octanol–water partition coefficient (Wildman–Crippen LogP) is 2.65. The number of rotatable bonds is 6. The lowest BCUT2D eigenvalue weighted by molar-refractivity contribution is 0.0912. The molecule has 0 N–H and O–H groups in total. The van der Waals surface area contributed by atoms with E-state index in [0.29, 0.717) is 0 Å². The van der Waals surface area contributed by atoms with Crippen molar-refractivity contribution in [2.24, 2.45) is 0 Å². The van der Waals surface area contributed by atoms with Crippen LogP contribution in [0, 0.1) is 0 Å². The quantitative estimate of drug-likeness (QED) is 0.791. The van der Waals surface area contributed by atoms with Gasteiger partial charge in [-0.25, -0.2) is 8.42 Å². The summed E-state index contributed by atoms with van der Waals surface area (Å²) in [6.07, 6.45) is 0.0762. The van der Waals surface area contributed by atoms with E-state index in [1.165, 1.54) is 11.3 Å². The van der Waals surface area contributed by atoms with Gasteiger partial charge in [0.25, 0.3) is 0 Å². The molecule has 0 radical (unpaired) electrons. The Morgan fingerprint density at radius 1 is 1.38 bits per heavy atom. The molecule has 0 unspecified atom stereocenters. The van der Waals surface area contributed by atoms with Gasteiger partial charge in [-0.1, -0.05) is 6.07 Å². The van der Waals surface area contributed by atoms with Crippen LogP contribution >= 0.6 is 11.3 Å². The molecule has 0 fully saturated rings. The van der Waals surface area contributed by atoms with Crippen LogP contribution < -0.4 is 0 Å². The van der Waals surface area contributed by atoms with E-state index in [0.717, 1.165) is 4.88 Å². The maximum Gasteiger partial charge on any atom is 0.160 e. The average Bonchev–Trinajstić information content (AvgIpc) is 2.68. The fourth-order valence-electron chi connectivity index (χ4n) is 1.28. The van der Waals surface area contributed by atoms with Gasteiger partial charge in [-0.05, 0) is 32.2 Å². The van der Waals surface area contributed by atoms with Gasteiger partial charge in [0.2, 0.25) is 0 Å². The molecule has 3 nitrogen and oxygen atoms in total. The van der Waals surface area contributed by atoms with Gasteiger partial charge in [-0.2, -0.15) is 0 Å². The van der Waals surface area contributed by atoms with Crippen molar-refractivity contribution in [3.05, 3.63) is 22.4 Å². The van der Waals surface area contributed by atoms with Crippen molar-refractivity contribution < 1.29 is 13.2 Å². The first-order chi connectivity index (χ1) is 7.43. The summed E-state index contributed by atoms with van der Waals surface area (Å²) in [5.74, 6) is 0.0875. The van der Waals surface area contributed by atoms with Crippen LogP contribution in [0.3, 0.4) is 0 Å². The lowest BCUT2D eigenvalue weighted by Crippen LogP contribution is -2.19. The van der Waals surface area contributed by atoms with E-state index in [-0.39, 0.29) is 18.5 Å². The Balaban J connectivity index is 2.57. The van der Waals surface area contributed by atoms with E-state index in [4.69, 9.17) is 4.74 Å². The van der Waals surface area contributed by atoms with Crippen LogP contribution in [-0.2, 0) is 14.6 Å². The van der Waals surface area contributed by atoms with Gasteiger partial charge in [0.15, 0.2) is 9.84 Å². The van der Waals surface area contributed by atoms with Crippen molar-refractivity contribution in [1.29, 1.82) is 0 Å². The van der Waals surface area contributed by atoms with Crippen molar-refractivity contribution in [2.45, 2.75) is 32.1 Å². The summed E-state index contributed by atoms with van der Waals surface area (Å²) < 4.78 is 29.1. The van der Waals surface area contributed by atoms with Gasteiger partial charge in [0, 0.05) is 4.88 Å². The van der Waals surface area contributed by atoms with Crippen LogP contribution in [0.15, 0.2) is 17.5 Å². The first-order valence-electron chi connectivity index (χ1n) is 5.30. The summed E-state index contributed by atoms with van der Waals surface area (Å²) in [6.45, 7) is 5.80. The Kier molecular flexibility index (Phi) is 4.95. The highest BCUT2D eigenvalue weighted by Gasteiger charge is 2.23. The molecule has 0 saturated carbocycles. The number of hydrogen-bond acceptors (Lipinski definition) is 4. The number of hydrogen-bond donors (Lipinski definition) is 0. The Hall–Kier alpha value is -0.390.